The van der Waals surface area contributed by atoms with Crippen molar-refractivity contribution in [2.24, 2.45) is 5.73 Å². The van der Waals surface area contributed by atoms with Gasteiger partial charge in [0.15, 0.2) is 0 Å². The van der Waals surface area contributed by atoms with Gasteiger partial charge in [0.25, 0.3) is 0 Å². The summed E-state index contributed by atoms with van der Waals surface area (Å²) in [7, 11) is 0. The molecular weight excluding hydrogens is 182 g/mol. The fourth-order valence-electron chi connectivity index (χ4n) is 2.63. The molecular formula is C14H21N. The Bertz CT molecular complexity index is 319. The topological polar surface area (TPSA) is 26.0 Å². The van der Waals surface area contributed by atoms with Gasteiger partial charge in [-0.1, -0.05) is 31.2 Å². The molecule has 1 nitrogen and oxygen atoms in total. The van der Waals surface area contributed by atoms with Gasteiger partial charge in [0.2, 0.25) is 0 Å². The SMILES string of the molecule is CCC(N)CC1CCCc2ccccc21. The summed E-state index contributed by atoms with van der Waals surface area (Å²) in [6, 6.07) is 9.26. The normalized spacial score (nSPS) is 22.1. The first-order chi connectivity index (χ1) is 7.31. The van der Waals surface area contributed by atoms with Crippen molar-refractivity contribution in [2.45, 2.75) is 51.0 Å². The molecule has 0 amide bonds. The van der Waals surface area contributed by atoms with Gasteiger partial charge in [0.1, 0.15) is 0 Å². The van der Waals surface area contributed by atoms with E-state index in [1.165, 1.54) is 19.3 Å². The molecule has 0 radical (unpaired) electrons. The number of benzene rings is 1. The molecule has 1 aromatic rings. The van der Waals surface area contributed by atoms with E-state index in [-0.39, 0.29) is 0 Å². The van der Waals surface area contributed by atoms with E-state index in [9.17, 15) is 0 Å². The van der Waals surface area contributed by atoms with E-state index >= 15 is 0 Å². The Kier molecular flexibility index (Phi) is 3.42. The van der Waals surface area contributed by atoms with E-state index in [2.05, 4.69) is 31.2 Å². The third kappa shape index (κ3) is 2.40. The van der Waals surface area contributed by atoms with Crippen LogP contribution in [0.5, 0.6) is 0 Å². The molecule has 82 valence electrons. The number of hydrogen-bond donors (Lipinski definition) is 1. The molecule has 15 heavy (non-hydrogen) atoms. The molecule has 1 aromatic carbocycles. The van der Waals surface area contributed by atoms with Gasteiger partial charge in [0.05, 0.1) is 0 Å². The maximum absolute atomic E-state index is 6.06. The number of aryl methyl sites for hydroxylation is 1. The summed E-state index contributed by atoms with van der Waals surface area (Å²) in [6.45, 7) is 2.18. The molecule has 1 heteroatoms. The summed E-state index contributed by atoms with van der Waals surface area (Å²) < 4.78 is 0. The van der Waals surface area contributed by atoms with E-state index in [0.29, 0.717) is 12.0 Å². The molecule has 2 rings (SSSR count). The molecule has 0 bridgehead atoms. The number of nitrogens with two attached hydrogens (primary N) is 1. The Balaban J connectivity index is 2.15. The second kappa shape index (κ2) is 4.80. The van der Waals surface area contributed by atoms with Crippen molar-refractivity contribution in [3.8, 4) is 0 Å². The highest BCUT2D eigenvalue weighted by Crippen LogP contribution is 2.34. The molecule has 2 atom stereocenters. The van der Waals surface area contributed by atoms with Crippen LogP contribution in [0.15, 0.2) is 24.3 Å². The Morgan fingerprint density at radius 3 is 3.00 bits per heavy atom. The lowest BCUT2D eigenvalue weighted by Gasteiger charge is -2.27. The van der Waals surface area contributed by atoms with E-state index in [1.807, 2.05) is 0 Å². The van der Waals surface area contributed by atoms with Gasteiger partial charge in [-0.2, -0.15) is 0 Å². The lowest BCUT2D eigenvalue weighted by molar-refractivity contribution is 0.461. The van der Waals surface area contributed by atoms with E-state index in [4.69, 9.17) is 5.73 Å². The van der Waals surface area contributed by atoms with Crippen molar-refractivity contribution in [3.63, 3.8) is 0 Å². The molecule has 0 heterocycles. The van der Waals surface area contributed by atoms with Gasteiger partial charge in [-0.25, -0.2) is 0 Å². The lowest BCUT2D eigenvalue weighted by atomic mass is 9.79. The summed E-state index contributed by atoms with van der Waals surface area (Å²) in [6.07, 6.45) is 6.17. The van der Waals surface area contributed by atoms with Crippen molar-refractivity contribution in [1.29, 1.82) is 0 Å². The monoisotopic (exact) mass is 203 g/mol. The second-order valence-corrected chi connectivity index (χ2v) is 4.69. The summed E-state index contributed by atoms with van der Waals surface area (Å²) in [5.74, 6) is 0.713. The van der Waals surface area contributed by atoms with Crippen molar-refractivity contribution in [1.82, 2.24) is 0 Å². The Morgan fingerprint density at radius 1 is 1.40 bits per heavy atom. The molecule has 0 aliphatic heterocycles. The largest absolute Gasteiger partial charge is 0.328 e. The van der Waals surface area contributed by atoms with Crippen LogP contribution in [-0.2, 0) is 6.42 Å². The van der Waals surface area contributed by atoms with Crippen LogP contribution in [0.2, 0.25) is 0 Å². The zero-order chi connectivity index (χ0) is 10.7. The minimum absolute atomic E-state index is 0.376. The third-order valence-electron chi connectivity index (χ3n) is 3.61. The highest BCUT2D eigenvalue weighted by atomic mass is 14.6. The third-order valence-corrected chi connectivity index (χ3v) is 3.61. The average Bonchev–Trinajstić information content (AvgIpc) is 2.29. The molecule has 0 spiro atoms. The van der Waals surface area contributed by atoms with Gasteiger partial charge in [-0.05, 0) is 49.1 Å². The minimum atomic E-state index is 0.376. The van der Waals surface area contributed by atoms with Crippen LogP contribution in [0, 0.1) is 0 Å². The standard InChI is InChI=1S/C14H21N/c1-2-13(15)10-12-8-5-7-11-6-3-4-9-14(11)12/h3-4,6,9,12-13H,2,5,7-8,10,15H2,1H3. The van der Waals surface area contributed by atoms with Crippen molar-refractivity contribution >= 4 is 0 Å². The Labute approximate surface area is 92.7 Å². The van der Waals surface area contributed by atoms with Crippen LogP contribution in [-0.4, -0.2) is 6.04 Å². The maximum atomic E-state index is 6.06. The van der Waals surface area contributed by atoms with Crippen LogP contribution >= 0.6 is 0 Å². The van der Waals surface area contributed by atoms with Crippen LogP contribution in [0.25, 0.3) is 0 Å². The van der Waals surface area contributed by atoms with Crippen LogP contribution < -0.4 is 5.73 Å². The highest BCUT2D eigenvalue weighted by Gasteiger charge is 2.20. The quantitative estimate of drug-likeness (QED) is 0.802. The lowest BCUT2D eigenvalue weighted by Crippen LogP contribution is -2.23. The van der Waals surface area contributed by atoms with Gasteiger partial charge in [-0.15, -0.1) is 0 Å². The van der Waals surface area contributed by atoms with E-state index < -0.39 is 0 Å². The first-order valence-electron chi connectivity index (χ1n) is 6.14. The van der Waals surface area contributed by atoms with Gasteiger partial charge >= 0.3 is 0 Å². The molecule has 0 saturated carbocycles. The number of rotatable bonds is 3. The first kappa shape index (κ1) is 10.7. The smallest absolute Gasteiger partial charge is 0.00420 e. The fraction of sp³-hybridized carbons (Fsp3) is 0.571. The second-order valence-electron chi connectivity index (χ2n) is 4.69. The molecule has 0 saturated heterocycles. The average molecular weight is 203 g/mol. The van der Waals surface area contributed by atoms with Crippen molar-refractivity contribution < 1.29 is 0 Å². The van der Waals surface area contributed by atoms with Crippen LogP contribution in [0.4, 0.5) is 0 Å². The molecule has 0 aromatic heterocycles. The Hall–Kier alpha value is -0.820. The molecule has 1 aliphatic rings. The van der Waals surface area contributed by atoms with Crippen LogP contribution in [0.3, 0.4) is 0 Å². The Morgan fingerprint density at radius 2 is 2.20 bits per heavy atom. The predicted octanol–water partition coefficient (Wildman–Crippen LogP) is 3.23. The molecule has 2 N–H and O–H groups in total. The summed E-state index contributed by atoms with van der Waals surface area (Å²) in [5.41, 5.74) is 9.18. The zero-order valence-electron chi connectivity index (χ0n) is 9.58. The molecule has 1 aliphatic carbocycles. The first-order valence-corrected chi connectivity index (χ1v) is 6.14. The predicted molar refractivity (Wildman–Crippen MR) is 65.0 cm³/mol. The van der Waals surface area contributed by atoms with Gasteiger partial charge in [-0.3, -0.25) is 0 Å². The fourth-order valence-corrected chi connectivity index (χ4v) is 2.63. The van der Waals surface area contributed by atoms with Crippen molar-refractivity contribution in [2.75, 3.05) is 0 Å². The molecule has 2 unspecified atom stereocenters. The number of hydrogen-bond acceptors (Lipinski definition) is 1. The van der Waals surface area contributed by atoms with Crippen LogP contribution in [0.1, 0.15) is 49.7 Å². The van der Waals surface area contributed by atoms with E-state index in [1.54, 1.807) is 11.1 Å². The van der Waals surface area contributed by atoms with Crippen molar-refractivity contribution in [3.05, 3.63) is 35.4 Å². The summed E-state index contributed by atoms with van der Waals surface area (Å²) >= 11 is 0. The summed E-state index contributed by atoms with van der Waals surface area (Å²) in [5, 5.41) is 0. The zero-order valence-corrected chi connectivity index (χ0v) is 9.58. The molecule has 0 fully saturated rings. The summed E-state index contributed by atoms with van der Waals surface area (Å²) in [4.78, 5) is 0. The van der Waals surface area contributed by atoms with E-state index in [0.717, 1.165) is 12.8 Å². The minimum Gasteiger partial charge on any atom is -0.328 e. The highest BCUT2D eigenvalue weighted by molar-refractivity contribution is 5.32. The number of fused-ring (bicyclic) bond motifs is 1. The van der Waals surface area contributed by atoms with Gasteiger partial charge in [0, 0.05) is 6.04 Å². The van der Waals surface area contributed by atoms with Gasteiger partial charge < -0.3 is 5.73 Å². The maximum Gasteiger partial charge on any atom is 0.00420 e.